The second-order valence-corrected chi connectivity index (χ2v) is 5.69. The summed E-state index contributed by atoms with van der Waals surface area (Å²) in [5.74, 6) is 0.717. The smallest absolute Gasteiger partial charge is 0.132 e. The van der Waals surface area contributed by atoms with Gasteiger partial charge in [0.05, 0.1) is 6.61 Å². The van der Waals surface area contributed by atoms with Crippen molar-refractivity contribution in [3.05, 3.63) is 59.9 Å². The van der Waals surface area contributed by atoms with Crippen molar-refractivity contribution in [1.82, 2.24) is 0 Å². The molecule has 1 nitrogen and oxygen atoms in total. The van der Waals surface area contributed by atoms with Gasteiger partial charge in [0.15, 0.2) is 0 Å². The molecule has 3 heteroatoms. The molecule has 0 radical (unpaired) electrons. The Kier molecular flexibility index (Phi) is 5.48. The van der Waals surface area contributed by atoms with Crippen molar-refractivity contribution in [3.8, 4) is 5.75 Å². The number of ether oxygens (including phenoxy) is 1. The van der Waals surface area contributed by atoms with Gasteiger partial charge in [-0.15, -0.1) is 11.8 Å². The molecule has 0 heterocycles. The second kappa shape index (κ2) is 7.34. The van der Waals surface area contributed by atoms with E-state index in [9.17, 15) is 4.39 Å². The van der Waals surface area contributed by atoms with Gasteiger partial charge in [0.25, 0.3) is 0 Å². The van der Waals surface area contributed by atoms with Crippen LogP contribution < -0.4 is 4.74 Å². The Morgan fingerprint density at radius 1 is 1.10 bits per heavy atom. The van der Waals surface area contributed by atoms with Gasteiger partial charge in [-0.05, 0) is 43.2 Å². The molecule has 20 heavy (non-hydrogen) atoms. The Balaban J connectivity index is 2.22. The predicted molar refractivity (Wildman–Crippen MR) is 82.9 cm³/mol. The number of rotatable bonds is 6. The van der Waals surface area contributed by atoms with E-state index >= 15 is 0 Å². The zero-order chi connectivity index (χ0) is 14.4. The highest BCUT2D eigenvalue weighted by molar-refractivity contribution is 7.99. The second-order valence-electron chi connectivity index (χ2n) is 4.45. The molecule has 0 amide bonds. The monoisotopic (exact) mass is 290 g/mol. The van der Waals surface area contributed by atoms with E-state index in [1.54, 1.807) is 23.9 Å². The van der Waals surface area contributed by atoms with E-state index in [1.807, 2.05) is 31.2 Å². The Morgan fingerprint density at radius 3 is 2.60 bits per heavy atom. The fourth-order valence-electron chi connectivity index (χ4n) is 2.07. The number of halogens is 1. The highest BCUT2D eigenvalue weighted by Crippen LogP contribution is 2.41. The third-order valence-electron chi connectivity index (χ3n) is 3.01. The van der Waals surface area contributed by atoms with Gasteiger partial charge in [0, 0.05) is 10.1 Å². The molecule has 0 bridgehead atoms. The quantitative estimate of drug-likeness (QED) is 0.653. The van der Waals surface area contributed by atoms with E-state index in [0.29, 0.717) is 6.61 Å². The van der Waals surface area contributed by atoms with Crippen molar-refractivity contribution in [2.45, 2.75) is 30.4 Å². The molecule has 2 aromatic carbocycles. The molecule has 2 rings (SSSR count). The molecule has 1 atom stereocenters. The van der Waals surface area contributed by atoms with E-state index in [2.05, 4.69) is 13.0 Å². The molecule has 0 aliphatic carbocycles. The summed E-state index contributed by atoms with van der Waals surface area (Å²) in [6, 6.07) is 14.8. The molecule has 0 saturated carbocycles. The number of thioether (sulfide) groups is 1. The minimum absolute atomic E-state index is 0.181. The molecule has 0 spiro atoms. The van der Waals surface area contributed by atoms with Crippen LogP contribution in [0.3, 0.4) is 0 Å². The number of hydrogen-bond donors (Lipinski definition) is 0. The van der Waals surface area contributed by atoms with Crippen molar-refractivity contribution in [2.24, 2.45) is 0 Å². The summed E-state index contributed by atoms with van der Waals surface area (Å²) in [6.45, 7) is 4.74. The standard InChI is InChI=1S/C17H19FOS/c1-3-16(13-8-7-9-14(18)12-13)20-17-11-6-5-10-15(17)19-4-2/h5-12,16H,3-4H2,1-2H3. The lowest BCUT2D eigenvalue weighted by molar-refractivity contribution is 0.332. The van der Waals surface area contributed by atoms with Crippen LogP contribution in [0, 0.1) is 5.82 Å². The lowest BCUT2D eigenvalue weighted by Crippen LogP contribution is -1.96. The Morgan fingerprint density at radius 2 is 1.90 bits per heavy atom. The normalized spacial score (nSPS) is 12.2. The molecule has 0 aliphatic rings. The van der Waals surface area contributed by atoms with Crippen molar-refractivity contribution >= 4 is 11.8 Å². The molecule has 0 aromatic heterocycles. The minimum Gasteiger partial charge on any atom is -0.493 e. The predicted octanol–water partition coefficient (Wildman–Crippen LogP) is 5.47. The van der Waals surface area contributed by atoms with Gasteiger partial charge in [0.1, 0.15) is 11.6 Å². The van der Waals surface area contributed by atoms with Crippen LogP contribution in [0.25, 0.3) is 0 Å². The summed E-state index contributed by atoms with van der Waals surface area (Å²) >= 11 is 1.73. The van der Waals surface area contributed by atoms with E-state index in [4.69, 9.17) is 4.74 Å². The van der Waals surface area contributed by atoms with E-state index in [0.717, 1.165) is 22.6 Å². The SMILES string of the molecule is CCOc1ccccc1SC(CC)c1cccc(F)c1. The van der Waals surface area contributed by atoms with Gasteiger partial charge < -0.3 is 4.74 Å². The molecular weight excluding hydrogens is 271 g/mol. The van der Waals surface area contributed by atoms with Crippen LogP contribution in [-0.2, 0) is 0 Å². The molecule has 0 saturated heterocycles. The maximum Gasteiger partial charge on any atom is 0.132 e. The number of para-hydroxylation sites is 1. The fourth-order valence-corrected chi connectivity index (χ4v) is 3.23. The highest BCUT2D eigenvalue weighted by atomic mass is 32.2. The first-order valence-electron chi connectivity index (χ1n) is 6.88. The third-order valence-corrected chi connectivity index (χ3v) is 4.49. The highest BCUT2D eigenvalue weighted by Gasteiger charge is 2.14. The van der Waals surface area contributed by atoms with Crippen LogP contribution in [0.2, 0.25) is 0 Å². The first kappa shape index (κ1) is 14.9. The van der Waals surface area contributed by atoms with Crippen molar-refractivity contribution in [1.29, 1.82) is 0 Å². The third kappa shape index (κ3) is 3.76. The van der Waals surface area contributed by atoms with E-state index in [1.165, 1.54) is 6.07 Å². The van der Waals surface area contributed by atoms with Crippen LogP contribution in [0.15, 0.2) is 53.4 Å². The van der Waals surface area contributed by atoms with Crippen LogP contribution in [0.5, 0.6) is 5.75 Å². The Labute approximate surface area is 124 Å². The van der Waals surface area contributed by atoms with Gasteiger partial charge in [-0.2, -0.15) is 0 Å². The first-order chi connectivity index (χ1) is 9.74. The topological polar surface area (TPSA) is 9.23 Å². The largest absolute Gasteiger partial charge is 0.493 e. The van der Waals surface area contributed by atoms with Gasteiger partial charge in [-0.3, -0.25) is 0 Å². The van der Waals surface area contributed by atoms with Crippen molar-refractivity contribution < 1.29 is 9.13 Å². The first-order valence-corrected chi connectivity index (χ1v) is 7.76. The van der Waals surface area contributed by atoms with Crippen LogP contribution >= 0.6 is 11.8 Å². The van der Waals surface area contributed by atoms with Crippen molar-refractivity contribution in [3.63, 3.8) is 0 Å². The molecule has 0 N–H and O–H groups in total. The maximum atomic E-state index is 13.4. The fraction of sp³-hybridized carbons (Fsp3) is 0.294. The number of hydrogen-bond acceptors (Lipinski definition) is 2. The average molecular weight is 290 g/mol. The molecule has 0 aliphatic heterocycles. The average Bonchev–Trinajstić information content (AvgIpc) is 2.46. The molecular formula is C17H19FOS. The molecule has 0 fully saturated rings. The summed E-state index contributed by atoms with van der Waals surface area (Å²) < 4.78 is 19.0. The summed E-state index contributed by atoms with van der Waals surface area (Å²) in [5.41, 5.74) is 1.02. The summed E-state index contributed by atoms with van der Waals surface area (Å²) in [7, 11) is 0. The Hall–Kier alpha value is -1.48. The van der Waals surface area contributed by atoms with E-state index < -0.39 is 0 Å². The van der Waals surface area contributed by atoms with Gasteiger partial charge in [-0.25, -0.2) is 4.39 Å². The lowest BCUT2D eigenvalue weighted by Gasteiger charge is -2.17. The van der Waals surface area contributed by atoms with Crippen LogP contribution in [0.1, 0.15) is 31.1 Å². The zero-order valence-electron chi connectivity index (χ0n) is 11.8. The minimum atomic E-state index is -0.181. The van der Waals surface area contributed by atoms with Crippen molar-refractivity contribution in [2.75, 3.05) is 6.61 Å². The molecule has 2 aromatic rings. The van der Waals surface area contributed by atoms with Gasteiger partial charge in [0.2, 0.25) is 0 Å². The van der Waals surface area contributed by atoms with Crippen LogP contribution in [-0.4, -0.2) is 6.61 Å². The van der Waals surface area contributed by atoms with E-state index in [-0.39, 0.29) is 11.1 Å². The molecule has 106 valence electrons. The number of benzene rings is 2. The summed E-state index contributed by atoms with van der Waals surface area (Å²) in [4.78, 5) is 1.10. The van der Waals surface area contributed by atoms with Gasteiger partial charge in [-0.1, -0.05) is 31.2 Å². The molecule has 1 unspecified atom stereocenters. The lowest BCUT2D eigenvalue weighted by atomic mass is 10.1. The zero-order valence-corrected chi connectivity index (χ0v) is 12.6. The maximum absolute atomic E-state index is 13.4. The summed E-state index contributed by atoms with van der Waals surface area (Å²) in [6.07, 6.45) is 0.939. The summed E-state index contributed by atoms with van der Waals surface area (Å²) in [5, 5.41) is 0.229. The van der Waals surface area contributed by atoms with Crippen LogP contribution in [0.4, 0.5) is 4.39 Å². The van der Waals surface area contributed by atoms with Gasteiger partial charge >= 0.3 is 0 Å². The Bertz CT molecular complexity index is 556.